The van der Waals surface area contributed by atoms with Crippen molar-refractivity contribution in [3.8, 4) is 11.5 Å². The van der Waals surface area contributed by atoms with Crippen molar-refractivity contribution in [3.05, 3.63) is 59.7 Å². The van der Waals surface area contributed by atoms with Gasteiger partial charge in [-0.05, 0) is 60.1 Å². The largest absolute Gasteiger partial charge is 0.290 e. The number of hydrogen-bond acceptors (Lipinski definition) is 0. The second-order valence-corrected chi connectivity index (χ2v) is 5.17. The number of rotatable bonds is 5. The molecule has 0 spiro atoms. The summed E-state index contributed by atoms with van der Waals surface area (Å²) in [5.41, 5.74) is 2.40. The van der Waals surface area contributed by atoms with Gasteiger partial charge in [0, 0.05) is 0 Å². The Morgan fingerprint density at radius 2 is 0.950 bits per heavy atom. The molecule has 0 amide bonds. The molecule has 2 rings (SSSR count). The van der Waals surface area contributed by atoms with Crippen molar-refractivity contribution in [3.63, 3.8) is 0 Å². The van der Waals surface area contributed by atoms with Gasteiger partial charge in [-0.25, -0.2) is 0 Å². The van der Waals surface area contributed by atoms with E-state index >= 15 is 0 Å². The lowest BCUT2D eigenvalue weighted by Gasteiger charge is -2.26. The Bertz CT molecular complexity index is 477. The Hall–Kier alpha value is -1.96. The van der Waals surface area contributed by atoms with Crippen molar-refractivity contribution in [1.29, 1.82) is 0 Å². The van der Waals surface area contributed by atoms with Gasteiger partial charge in [0.15, 0.2) is 11.5 Å². The summed E-state index contributed by atoms with van der Waals surface area (Å²) >= 11 is 0. The van der Waals surface area contributed by atoms with Crippen LogP contribution in [0.1, 0.15) is 49.7 Å². The van der Waals surface area contributed by atoms with E-state index in [9.17, 15) is 10.2 Å². The monoisotopic (exact) mass is 268 g/mol. The first-order chi connectivity index (χ1) is 9.65. The fourth-order valence-corrected chi connectivity index (χ4v) is 2.94. The van der Waals surface area contributed by atoms with Crippen LogP contribution in [-0.4, -0.2) is 0 Å². The summed E-state index contributed by atoms with van der Waals surface area (Å²) in [5.74, 6) is 0.843. The molecule has 0 fully saturated rings. The molecule has 0 saturated heterocycles. The Morgan fingerprint density at radius 3 is 1.20 bits per heavy atom. The first-order valence-corrected chi connectivity index (χ1v) is 7.19. The fourth-order valence-electron chi connectivity index (χ4n) is 2.94. The summed E-state index contributed by atoms with van der Waals surface area (Å²) < 4.78 is 0. The summed E-state index contributed by atoms with van der Waals surface area (Å²) in [4.78, 5) is 0. The van der Waals surface area contributed by atoms with Gasteiger partial charge < -0.3 is 0 Å². The van der Waals surface area contributed by atoms with E-state index in [1.54, 1.807) is 24.3 Å². The predicted octanol–water partition coefficient (Wildman–Crippen LogP) is 5.66. The molecule has 2 aromatic carbocycles. The second kappa shape index (κ2) is 6.47. The van der Waals surface area contributed by atoms with Crippen molar-refractivity contribution >= 4 is 0 Å². The van der Waals surface area contributed by atoms with Crippen molar-refractivity contribution in [1.82, 2.24) is 0 Å². The topological polar surface area (TPSA) is 39.8 Å². The van der Waals surface area contributed by atoms with Gasteiger partial charge in [-0.2, -0.15) is 0 Å². The van der Waals surface area contributed by atoms with Crippen molar-refractivity contribution in [2.24, 2.45) is 0 Å². The predicted molar refractivity (Wildman–Crippen MR) is 79.2 cm³/mol. The van der Waals surface area contributed by atoms with Crippen LogP contribution in [0.3, 0.4) is 0 Å². The molecule has 0 N–H and O–H groups in total. The van der Waals surface area contributed by atoms with E-state index in [0.717, 1.165) is 12.8 Å². The summed E-state index contributed by atoms with van der Waals surface area (Å²) in [6.07, 6.45) is 2.02. The Morgan fingerprint density at radius 1 is 0.650 bits per heavy atom. The zero-order chi connectivity index (χ0) is 14.5. The molecule has 0 saturated carbocycles. The zero-order valence-electron chi connectivity index (χ0n) is 12.0. The lowest BCUT2D eigenvalue weighted by Crippen LogP contribution is -2.10. The highest BCUT2D eigenvalue weighted by Crippen LogP contribution is 2.38. The zero-order valence-corrected chi connectivity index (χ0v) is 12.0. The molecular weight excluding hydrogens is 248 g/mol. The molecular formula is C18H20O2. The maximum Gasteiger partial charge on any atom is 0.178 e. The van der Waals surface area contributed by atoms with Crippen molar-refractivity contribution in [2.75, 3.05) is 0 Å². The van der Waals surface area contributed by atoms with Crippen LogP contribution in [0.15, 0.2) is 48.5 Å². The molecule has 0 aliphatic carbocycles. The maximum atomic E-state index is 11.2. The van der Waals surface area contributed by atoms with E-state index < -0.39 is 0 Å². The van der Waals surface area contributed by atoms with Crippen LogP contribution in [0, 0.1) is 0 Å². The van der Waals surface area contributed by atoms with E-state index in [1.807, 2.05) is 24.3 Å². The molecule has 2 radical (unpaired) electrons. The highest BCUT2D eigenvalue weighted by atomic mass is 16.3. The second-order valence-electron chi connectivity index (χ2n) is 5.17. The summed E-state index contributed by atoms with van der Waals surface area (Å²) in [5, 5.41) is 22.5. The molecule has 0 bridgehead atoms. The summed E-state index contributed by atoms with van der Waals surface area (Å²) in [7, 11) is 0. The van der Waals surface area contributed by atoms with Gasteiger partial charge in [-0.15, -0.1) is 0 Å². The lowest BCUT2D eigenvalue weighted by atomic mass is 9.78. The molecule has 20 heavy (non-hydrogen) atoms. The molecule has 2 nitrogen and oxygen atoms in total. The molecule has 2 unspecified atom stereocenters. The van der Waals surface area contributed by atoms with Gasteiger partial charge in [-0.3, -0.25) is 10.2 Å². The van der Waals surface area contributed by atoms with E-state index in [1.165, 1.54) is 11.1 Å². The third-order valence-corrected chi connectivity index (χ3v) is 3.98. The minimum absolute atomic E-state index is 0.0485. The maximum absolute atomic E-state index is 11.2. The SMILES string of the molecule is CCC(c1ccc([O])cc1)C(CC)c1ccc([O])cc1. The van der Waals surface area contributed by atoms with E-state index in [4.69, 9.17) is 0 Å². The van der Waals surface area contributed by atoms with Crippen LogP contribution < -0.4 is 0 Å². The molecule has 2 heteroatoms. The van der Waals surface area contributed by atoms with Crippen LogP contribution in [0.5, 0.6) is 11.5 Å². The quantitative estimate of drug-likeness (QED) is 0.671. The minimum atomic E-state index is 0.0485. The van der Waals surface area contributed by atoms with E-state index in [0.29, 0.717) is 11.8 Å². The molecule has 0 aromatic heterocycles. The average molecular weight is 268 g/mol. The molecule has 0 aliphatic rings. The fraction of sp³-hybridized carbons (Fsp3) is 0.333. The Kier molecular flexibility index (Phi) is 4.67. The number of hydrogen-bond donors (Lipinski definition) is 0. The van der Waals surface area contributed by atoms with Crippen LogP contribution in [0.2, 0.25) is 0 Å². The van der Waals surface area contributed by atoms with E-state index in [-0.39, 0.29) is 11.5 Å². The van der Waals surface area contributed by atoms with Crippen LogP contribution in [-0.2, 0) is 10.2 Å². The Labute approximate surface area is 120 Å². The van der Waals surface area contributed by atoms with Crippen LogP contribution >= 0.6 is 0 Å². The first kappa shape index (κ1) is 14.4. The highest BCUT2D eigenvalue weighted by Gasteiger charge is 2.22. The first-order valence-electron chi connectivity index (χ1n) is 7.19. The third-order valence-electron chi connectivity index (χ3n) is 3.98. The van der Waals surface area contributed by atoms with Crippen LogP contribution in [0.4, 0.5) is 0 Å². The van der Waals surface area contributed by atoms with Gasteiger partial charge in [-0.1, -0.05) is 38.1 Å². The minimum Gasteiger partial charge on any atom is -0.290 e. The van der Waals surface area contributed by atoms with Crippen molar-refractivity contribution in [2.45, 2.75) is 38.5 Å². The molecule has 0 aliphatic heterocycles. The average Bonchev–Trinajstić information content (AvgIpc) is 2.47. The third kappa shape index (κ3) is 3.13. The smallest absolute Gasteiger partial charge is 0.178 e. The van der Waals surface area contributed by atoms with E-state index in [2.05, 4.69) is 13.8 Å². The lowest BCUT2D eigenvalue weighted by molar-refractivity contribution is 0.353. The molecule has 0 heterocycles. The molecule has 2 atom stereocenters. The molecule has 104 valence electrons. The van der Waals surface area contributed by atoms with Crippen molar-refractivity contribution < 1.29 is 10.2 Å². The summed E-state index contributed by atoms with van der Waals surface area (Å²) in [6.45, 7) is 4.33. The van der Waals surface area contributed by atoms with Crippen LogP contribution in [0.25, 0.3) is 0 Å². The summed E-state index contributed by atoms with van der Waals surface area (Å²) in [6, 6.07) is 14.2. The molecule has 2 aromatic rings. The van der Waals surface area contributed by atoms with Gasteiger partial charge in [0.1, 0.15) is 0 Å². The van der Waals surface area contributed by atoms with Gasteiger partial charge in [0.2, 0.25) is 0 Å². The van der Waals surface area contributed by atoms with Gasteiger partial charge in [0.05, 0.1) is 0 Å². The van der Waals surface area contributed by atoms with Gasteiger partial charge >= 0.3 is 0 Å². The highest BCUT2D eigenvalue weighted by molar-refractivity contribution is 5.34. The normalized spacial score (nSPS) is 13.9. The standard InChI is InChI=1S/C18H20O2/c1-3-17(13-5-9-15(19)10-6-13)18(4-2)14-7-11-16(20)12-8-14/h5-12,17-18H,3-4H2,1-2H3. The van der Waals surface area contributed by atoms with Gasteiger partial charge in [0.25, 0.3) is 0 Å². The number of benzene rings is 2. The Balaban J connectivity index is 2.32.